The molecule has 0 saturated carbocycles. The van der Waals surface area contributed by atoms with Gasteiger partial charge in [0, 0.05) is 24.0 Å². The molecule has 0 spiro atoms. The fourth-order valence-corrected chi connectivity index (χ4v) is 2.60. The van der Waals surface area contributed by atoms with Crippen molar-refractivity contribution < 1.29 is 4.39 Å². The molecule has 0 saturated heterocycles. The molecule has 0 fully saturated rings. The largest absolute Gasteiger partial charge is 0.312 e. The van der Waals surface area contributed by atoms with Crippen LogP contribution < -0.4 is 5.32 Å². The van der Waals surface area contributed by atoms with Crippen molar-refractivity contribution in [2.45, 2.75) is 26.3 Å². The van der Waals surface area contributed by atoms with Gasteiger partial charge in [0.25, 0.3) is 0 Å². The predicted octanol–water partition coefficient (Wildman–Crippen LogP) is 3.37. The Morgan fingerprint density at radius 3 is 2.78 bits per heavy atom. The summed E-state index contributed by atoms with van der Waals surface area (Å²) < 4.78 is 12.8. The molecule has 1 N–H and O–H groups in total. The van der Waals surface area contributed by atoms with Gasteiger partial charge in [-0.3, -0.25) is 0 Å². The maximum Gasteiger partial charge on any atom is 0.123 e. The predicted molar refractivity (Wildman–Crippen MR) is 73.3 cm³/mol. The van der Waals surface area contributed by atoms with E-state index in [2.05, 4.69) is 17.2 Å². The van der Waals surface area contributed by atoms with Crippen molar-refractivity contribution in [3.05, 3.63) is 51.7 Å². The van der Waals surface area contributed by atoms with Crippen LogP contribution in [0.3, 0.4) is 0 Å². The third-order valence-corrected chi connectivity index (χ3v) is 3.59. The first kappa shape index (κ1) is 13.2. The lowest BCUT2D eigenvalue weighted by Crippen LogP contribution is -2.12. The molecule has 2 nitrogen and oxygen atoms in total. The fourth-order valence-electron chi connectivity index (χ4n) is 1.68. The van der Waals surface area contributed by atoms with Gasteiger partial charge in [0.15, 0.2) is 0 Å². The van der Waals surface area contributed by atoms with Crippen LogP contribution in [0.25, 0.3) is 0 Å². The minimum atomic E-state index is -0.192. The topological polar surface area (TPSA) is 24.9 Å². The smallest absolute Gasteiger partial charge is 0.123 e. The zero-order valence-corrected chi connectivity index (χ0v) is 11.3. The molecular weight excluding hydrogens is 247 g/mol. The van der Waals surface area contributed by atoms with Crippen LogP contribution in [-0.4, -0.2) is 11.5 Å². The second-order valence-corrected chi connectivity index (χ2v) is 5.40. The van der Waals surface area contributed by atoms with Gasteiger partial charge in [-0.05, 0) is 30.7 Å². The number of nitrogens with one attached hydrogen (secondary N) is 1. The first-order valence-corrected chi connectivity index (χ1v) is 6.98. The highest BCUT2D eigenvalue weighted by Gasteiger charge is 2.03. The minimum Gasteiger partial charge on any atom is -0.312 e. The Balaban J connectivity index is 1.91. The maximum absolute atomic E-state index is 12.8. The van der Waals surface area contributed by atoms with Crippen molar-refractivity contribution in [1.29, 1.82) is 0 Å². The Bertz CT molecular complexity index is 479. The van der Waals surface area contributed by atoms with Crippen LogP contribution in [0, 0.1) is 5.82 Å². The van der Waals surface area contributed by atoms with Crippen LogP contribution in [0.4, 0.5) is 4.39 Å². The van der Waals surface area contributed by atoms with E-state index in [-0.39, 0.29) is 5.82 Å². The molecule has 0 unspecified atom stereocenters. The van der Waals surface area contributed by atoms with Gasteiger partial charge in [-0.25, -0.2) is 9.37 Å². The molecule has 0 aliphatic rings. The Labute approximate surface area is 111 Å². The van der Waals surface area contributed by atoms with E-state index in [1.165, 1.54) is 17.0 Å². The monoisotopic (exact) mass is 264 g/mol. The Kier molecular flexibility index (Phi) is 4.84. The standard InChI is InChI=1S/C14H17FN2S/c1-2-7-16-9-13-10-17-14(18-13)8-11-3-5-12(15)6-4-11/h3-6,10,16H,2,7-9H2,1H3. The van der Waals surface area contributed by atoms with Crippen LogP contribution >= 0.6 is 11.3 Å². The Morgan fingerprint density at radius 2 is 2.06 bits per heavy atom. The highest BCUT2D eigenvalue weighted by molar-refractivity contribution is 7.11. The van der Waals surface area contributed by atoms with Crippen LogP contribution in [0.1, 0.15) is 28.8 Å². The number of hydrogen-bond acceptors (Lipinski definition) is 3. The summed E-state index contributed by atoms with van der Waals surface area (Å²) in [4.78, 5) is 5.65. The van der Waals surface area contributed by atoms with Crippen molar-refractivity contribution in [3.8, 4) is 0 Å². The van der Waals surface area contributed by atoms with Crippen molar-refractivity contribution in [1.82, 2.24) is 10.3 Å². The number of rotatable bonds is 6. The van der Waals surface area contributed by atoms with Gasteiger partial charge in [0.2, 0.25) is 0 Å². The van der Waals surface area contributed by atoms with Crippen LogP contribution in [0.15, 0.2) is 30.5 Å². The molecule has 96 valence electrons. The lowest BCUT2D eigenvalue weighted by Gasteiger charge is -1.98. The first-order chi connectivity index (χ1) is 8.78. The summed E-state index contributed by atoms with van der Waals surface area (Å²) in [7, 11) is 0. The van der Waals surface area contributed by atoms with Crippen LogP contribution in [0.2, 0.25) is 0 Å². The molecule has 2 rings (SSSR count). The van der Waals surface area contributed by atoms with Crippen molar-refractivity contribution in [2.75, 3.05) is 6.54 Å². The van der Waals surface area contributed by atoms with Gasteiger partial charge in [-0.2, -0.15) is 0 Å². The highest BCUT2D eigenvalue weighted by Crippen LogP contribution is 2.17. The summed E-state index contributed by atoms with van der Waals surface area (Å²) in [6.07, 6.45) is 3.84. The van der Waals surface area contributed by atoms with Crippen molar-refractivity contribution >= 4 is 11.3 Å². The van der Waals surface area contributed by atoms with Crippen molar-refractivity contribution in [3.63, 3.8) is 0 Å². The molecule has 0 radical (unpaired) electrons. The van der Waals surface area contributed by atoms with Crippen LogP contribution in [0.5, 0.6) is 0 Å². The number of halogens is 1. The summed E-state index contributed by atoms with van der Waals surface area (Å²) in [5.41, 5.74) is 1.10. The van der Waals surface area contributed by atoms with Gasteiger partial charge in [-0.15, -0.1) is 11.3 Å². The van der Waals surface area contributed by atoms with Crippen LogP contribution in [-0.2, 0) is 13.0 Å². The van der Waals surface area contributed by atoms with E-state index in [9.17, 15) is 4.39 Å². The van der Waals surface area contributed by atoms with E-state index < -0.39 is 0 Å². The summed E-state index contributed by atoms with van der Waals surface area (Å²) in [5.74, 6) is -0.192. The lowest BCUT2D eigenvalue weighted by atomic mass is 10.2. The van der Waals surface area contributed by atoms with E-state index in [0.717, 1.165) is 36.5 Å². The molecular formula is C14H17FN2S. The number of nitrogens with zero attached hydrogens (tertiary/aromatic N) is 1. The summed E-state index contributed by atoms with van der Waals surface area (Å²) >= 11 is 1.71. The third-order valence-electron chi connectivity index (χ3n) is 2.60. The van der Waals surface area contributed by atoms with E-state index in [4.69, 9.17) is 0 Å². The average Bonchev–Trinajstić information content (AvgIpc) is 2.80. The molecule has 0 aliphatic heterocycles. The normalized spacial score (nSPS) is 10.8. The SMILES string of the molecule is CCCNCc1cnc(Cc2ccc(F)cc2)s1. The molecule has 0 atom stereocenters. The lowest BCUT2D eigenvalue weighted by molar-refractivity contribution is 0.627. The zero-order valence-electron chi connectivity index (χ0n) is 10.4. The minimum absolute atomic E-state index is 0.192. The second kappa shape index (κ2) is 6.61. The molecule has 0 aliphatic carbocycles. The molecule has 0 bridgehead atoms. The number of benzene rings is 1. The highest BCUT2D eigenvalue weighted by atomic mass is 32.1. The van der Waals surface area contributed by atoms with Gasteiger partial charge in [0.1, 0.15) is 5.82 Å². The molecule has 0 amide bonds. The first-order valence-electron chi connectivity index (χ1n) is 6.16. The summed E-state index contributed by atoms with van der Waals surface area (Å²) in [6.45, 7) is 4.07. The van der Waals surface area contributed by atoms with E-state index in [0.29, 0.717) is 0 Å². The van der Waals surface area contributed by atoms with Gasteiger partial charge < -0.3 is 5.32 Å². The van der Waals surface area contributed by atoms with E-state index in [1.54, 1.807) is 11.3 Å². The summed E-state index contributed by atoms with van der Waals surface area (Å²) in [5, 5.41) is 4.44. The maximum atomic E-state index is 12.8. The molecule has 4 heteroatoms. The van der Waals surface area contributed by atoms with Gasteiger partial charge in [0.05, 0.1) is 5.01 Å². The summed E-state index contributed by atoms with van der Waals surface area (Å²) in [6, 6.07) is 6.61. The van der Waals surface area contributed by atoms with Crippen molar-refractivity contribution in [2.24, 2.45) is 0 Å². The Morgan fingerprint density at radius 1 is 1.28 bits per heavy atom. The molecule has 18 heavy (non-hydrogen) atoms. The number of hydrogen-bond donors (Lipinski definition) is 1. The quantitative estimate of drug-likeness (QED) is 0.809. The molecule has 1 heterocycles. The van der Waals surface area contributed by atoms with Gasteiger partial charge in [-0.1, -0.05) is 19.1 Å². The number of thiazole rings is 1. The van der Waals surface area contributed by atoms with E-state index >= 15 is 0 Å². The molecule has 2 aromatic rings. The average molecular weight is 264 g/mol. The van der Waals surface area contributed by atoms with Gasteiger partial charge >= 0.3 is 0 Å². The third kappa shape index (κ3) is 3.89. The molecule has 1 aromatic heterocycles. The Hall–Kier alpha value is -1.26. The fraction of sp³-hybridized carbons (Fsp3) is 0.357. The number of aromatic nitrogens is 1. The van der Waals surface area contributed by atoms with E-state index in [1.807, 2.05) is 18.3 Å². The second-order valence-electron chi connectivity index (χ2n) is 4.20. The zero-order chi connectivity index (χ0) is 12.8. The molecule has 1 aromatic carbocycles.